The second-order valence-electron chi connectivity index (χ2n) is 3.73. The number of ether oxygens (including phenoxy) is 1. The summed E-state index contributed by atoms with van der Waals surface area (Å²) in [5.41, 5.74) is -1.58. The van der Waals surface area contributed by atoms with Gasteiger partial charge in [0.2, 0.25) is 0 Å². The van der Waals surface area contributed by atoms with Crippen molar-refractivity contribution in [3.8, 4) is 0 Å². The van der Waals surface area contributed by atoms with Crippen LogP contribution in [0.15, 0.2) is 0 Å². The molecule has 0 atom stereocenters. The molecular weight excluding hydrogens is 287 g/mol. The third-order valence-corrected chi connectivity index (χ3v) is 2.64. The number of alkyl halides is 3. The molecule has 0 spiro atoms. The van der Waals surface area contributed by atoms with Crippen LogP contribution in [0.25, 0.3) is 0 Å². The van der Waals surface area contributed by atoms with Gasteiger partial charge in [0.05, 0.1) is 0 Å². The molecule has 0 aliphatic heterocycles. The van der Waals surface area contributed by atoms with Crippen LogP contribution in [-0.4, -0.2) is 35.9 Å². The Bertz CT molecular complexity index is 460. The maximum atomic E-state index is 12.5. The molecule has 0 saturated carbocycles. The minimum atomic E-state index is -4.69. The molecule has 0 aromatic carbocycles. The molecule has 1 aromatic rings. The molecule has 0 unspecified atom stereocenters. The fourth-order valence-corrected chi connectivity index (χ4v) is 1.78. The summed E-state index contributed by atoms with van der Waals surface area (Å²) >= 11 is 5.56. The summed E-state index contributed by atoms with van der Waals surface area (Å²) in [4.78, 5) is 11.7. The summed E-state index contributed by atoms with van der Waals surface area (Å²) in [6.07, 6.45) is -4.15. The van der Waals surface area contributed by atoms with E-state index >= 15 is 0 Å². The molecule has 0 radical (unpaired) electrons. The van der Waals surface area contributed by atoms with E-state index in [2.05, 4.69) is 10.4 Å². The maximum absolute atomic E-state index is 12.5. The van der Waals surface area contributed by atoms with Crippen molar-refractivity contribution in [2.24, 2.45) is 7.05 Å². The molecule has 1 aromatic heterocycles. The Morgan fingerprint density at radius 2 is 2.16 bits per heavy atom. The molecule has 0 saturated heterocycles. The molecule has 1 rings (SSSR count). The van der Waals surface area contributed by atoms with Gasteiger partial charge in [0.1, 0.15) is 10.7 Å². The third-order valence-electron chi connectivity index (χ3n) is 2.28. The molecule has 9 heteroatoms. The monoisotopic (exact) mass is 299 g/mol. The number of amides is 1. The number of aromatic nitrogens is 2. The van der Waals surface area contributed by atoms with E-state index in [0.717, 1.165) is 4.68 Å². The molecule has 5 nitrogen and oxygen atoms in total. The van der Waals surface area contributed by atoms with Crippen molar-refractivity contribution in [2.75, 3.05) is 20.3 Å². The Morgan fingerprint density at radius 3 is 2.63 bits per heavy atom. The lowest BCUT2D eigenvalue weighted by Crippen LogP contribution is -2.27. The molecule has 0 aliphatic carbocycles. The number of methoxy groups -OCH3 is 1. The largest absolute Gasteiger partial charge is 0.436 e. The van der Waals surface area contributed by atoms with Crippen LogP contribution in [0.5, 0.6) is 0 Å². The van der Waals surface area contributed by atoms with Crippen LogP contribution in [0.3, 0.4) is 0 Å². The Morgan fingerprint density at radius 1 is 1.53 bits per heavy atom. The van der Waals surface area contributed by atoms with Crippen molar-refractivity contribution in [2.45, 2.75) is 12.6 Å². The zero-order valence-corrected chi connectivity index (χ0v) is 11.1. The van der Waals surface area contributed by atoms with Gasteiger partial charge in [-0.05, 0) is 6.42 Å². The van der Waals surface area contributed by atoms with E-state index < -0.39 is 22.8 Å². The van der Waals surface area contributed by atoms with Crippen molar-refractivity contribution >= 4 is 17.5 Å². The first-order valence-corrected chi connectivity index (χ1v) is 5.73. The number of nitrogens with one attached hydrogen (secondary N) is 1. The zero-order valence-electron chi connectivity index (χ0n) is 10.3. The summed E-state index contributed by atoms with van der Waals surface area (Å²) in [7, 11) is 2.74. The summed E-state index contributed by atoms with van der Waals surface area (Å²) in [5, 5.41) is 4.97. The molecule has 1 amide bonds. The number of carbonyl (C=O) groups is 1. The Labute approximate surface area is 112 Å². The first-order chi connectivity index (χ1) is 8.79. The highest BCUT2D eigenvalue weighted by atomic mass is 35.5. The highest BCUT2D eigenvalue weighted by molar-refractivity contribution is 6.34. The van der Waals surface area contributed by atoms with Crippen LogP contribution in [-0.2, 0) is 18.0 Å². The number of rotatable bonds is 5. The van der Waals surface area contributed by atoms with E-state index in [1.807, 2.05) is 0 Å². The fourth-order valence-electron chi connectivity index (χ4n) is 1.43. The maximum Gasteiger partial charge on any atom is 0.436 e. The summed E-state index contributed by atoms with van der Waals surface area (Å²) in [5.74, 6) is -0.702. The van der Waals surface area contributed by atoms with Gasteiger partial charge in [-0.1, -0.05) is 11.6 Å². The SMILES string of the molecule is COCCCNC(=O)c1c(Cl)c(C(F)(F)F)nn1C. The Hall–Kier alpha value is -1.28. The number of nitrogens with zero attached hydrogens (tertiary/aromatic N) is 2. The predicted octanol–water partition coefficient (Wildman–Crippen LogP) is 1.86. The molecule has 1 heterocycles. The van der Waals surface area contributed by atoms with Gasteiger partial charge >= 0.3 is 6.18 Å². The van der Waals surface area contributed by atoms with Crippen molar-refractivity contribution in [3.63, 3.8) is 0 Å². The minimum absolute atomic E-state index is 0.273. The van der Waals surface area contributed by atoms with E-state index in [-0.39, 0.29) is 12.2 Å². The van der Waals surface area contributed by atoms with Gasteiger partial charge in [-0.2, -0.15) is 18.3 Å². The molecule has 0 fully saturated rings. The minimum Gasteiger partial charge on any atom is -0.385 e. The highest BCUT2D eigenvalue weighted by Crippen LogP contribution is 2.35. The molecule has 0 aliphatic rings. The van der Waals surface area contributed by atoms with Gasteiger partial charge in [0, 0.05) is 27.3 Å². The summed E-state index contributed by atoms with van der Waals surface area (Å²) < 4.78 is 43.2. The first kappa shape index (κ1) is 15.8. The normalized spacial score (nSPS) is 11.7. The number of aryl methyl sites for hydroxylation is 1. The second-order valence-corrected chi connectivity index (χ2v) is 4.11. The molecular formula is C10H13ClF3N3O2. The fraction of sp³-hybridized carbons (Fsp3) is 0.600. The highest BCUT2D eigenvalue weighted by Gasteiger charge is 2.39. The molecule has 1 N–H and O–H groups in total. The van der Waals surface area contributed by atoms with Crippen LogP contribution in [0, 0.1) is 0 Å². The van der Waals surface area contributed by atoms with E-state index in [9.17, 15) is 18.0 Å². The van der Waals surface area contributed by atoms with E-state index in [0.29, 0.717) is 13.0 Å². The Kier molecular flexibility index (Phi) is 5.19. The van der Waals surface area contributed by atoms with Gasteiger partial charge in [0.25, 0.3) is 5.91 Å². The number of hydrogen-bond donors (Lipinski definition) is 1. The van der Waals surface area contributed by atoms with Crippen LogP contribution >= 0.6 is 11.6 Å². The quantitative estimate of drug-likeness (QED) is 0.844. The van der Waals surface area contributed by atoms with Gasteiger partial charge in [0.15, 0.2) is 5.69 Å². The van der Waals surface area contributed by atoms with E-state index in [1.54, 1.807) is 0 Å². The third kappa shape index (κ3) is 3.84. The van der Waals surface area contributed by atoms with Crippen LogP contribution in [0.4, 0.5) is 13.2 Å². The topological polar surface area (TPSA) is 56.1 Å². The molecule has 108 valence electrons. The van der Waals surface area contributed by atoms with Gasteiger partial charge in [-0.15, -0.1) is 0 Å². The average Bonchev–Trinajstić information content (AvgIpc) is 2.60. The summed E-state index contributed by atoms with van der Waals surface area (Å²) in [6.45, 7) is 0.711. The lowest BCUT2D eigenvalue weighted by atomic mass is 10.3. The van der Waals surface area contributed by atoms with Gasteiger partial charge < -0.3 is 10.1 Å². The number of hydrogen-bond acceptors (Lipinski definition) is 3. The van der Waals surface area contributed by atoms with Crippen LogP contribution in [0.1, 0.15) is 22.6 Å². The lowest BCUT2D eigenvalue weighted by Gasteiger charge is -2.05. The number of halogens is 4. The Balaban J connectivity index is 2.83. The standard InChI is InChI=1S/C10H13ClF3N3O2/c1-17-7(9(18)15-4-3-5-19-2)6(11)8(16-17)10(12,13)14/h3-5H2,1-2H3,(H,15,18). The van der Waals surface area contributed by atoms with Crippen molar-refractivity contribution in [1.82, 2.24) is 15.1 Å². The summed E-state index contributed by atoms with van der Waals surface area (Å²) in [6, 6.07) is 0. The van der Waals surface area contributed by atoms with E-state index in [4.69, 9.17) is 16.3 Å². The first-order valence-electron chi connectivity index (χ1n) is 5.35. The van der Waals surface area contributed by atoms with Crippen molar-refractivity contribution < 1.29 is 22.7 Å². The lowest BCUT2D eigenvalue weighted by molar-refractivity contribution is -0.141. The van der Waals surface area contributed by atoms with Crippen LogP contribution < -0.4 is 5.32 Å². The van der Waals surface area contributed by atoms with Gasteiger partial charge in [-0.25, -0.2) is 0 Å². The zero-order chi connectivity index (χ0) is 14.6. The predicted molar refractivity (Wildman–Crippen MR) is 62.0 cm³/mol. The average molecular weight is 300 g/mol. The smallest absolute Gasteiger partial charge is 0.385 e. The van der Waals surface area contributed by atoms with E-state index in [1.165, 1.54) is 14.2 Å². The molecule has 19 heavy (non-hydrogen) atoms. The van der Waals surface area contributed by atoms with Crippen molar-refractivity contribution in [1.29, 1.82) is 0 Å². The molecule has 0 bridgehead atoms. The number of carbonyl (C=O) groups excluding carboxylic acids is 1. The van der Waals surface area contributed by atoms with Crippen molar-refractivity contribution in [3.05, 3.63) is 16.4 Å². The van der Waals surface area contributed by atoms with Gasteiger partial charge in [-0.3, -0.25) is 9.48 Å². The van der Waals surface area contributed by atoms with Crippen LogP contribution in [0.2, 0.25) is 5.02 Å². The second kappa shape index (κ2) is 6.25.